The van der Waals surface area contributed by atoms with Crippen molar-refractivity contribution >= 4 is 45.3 Å². The average Bonchev–Trinajstić information content (AvgIpc) is 3.41. The Labute approximate surface area is 172 Å². The molecule has 1 aromatic carbocycles. The van der Waals surface area contributed by atoms with Crippen LogP contribution in [0.5, 0.6) is 0 Å². The van der Waals surface area contributed by atoms with Crippen molar-refractivity contribution in [3.8, 4) is 5.00 Å². The van der Waals surface area contributed by atoms with Gasteiger partial charge >= 0.3 is 5.69 Å². The number of benzene rings is 1. The monoisotopic (exact) mass is 432 g/mol. The lowest BCUT2D eigenvalue weighted by Crippen LogP contribution is -2.29. The molecule has 8 nitrogen and oxygen atoms in total. The van der Waals surface area contributed by atoms with Gasteiger partial charge in [0.15, 0.2) is 5.13 Å². The Balaban J connectivity index is 1.39. The highest BCUT2D eigenvalue weighted by molar-refractivity contribution is 7.15. The fourth-order valence-electron chi connectivity index (χ4n) is 2.45. The van der Waals surface area contributed by atoms with Crippen LogP contribution in [0, 0.1) is 0 Å². The van der Waals surface area contributed by atoms with E-state index in [9.17, 15) is 9.59 Å². The van der Waals surface area contributed by atoms with Crippen molar-refractivity contribution in [2.24, 2.45) is 0 Å². The van der Waals surface area contributed by atoms with Gasteiger partial charge in [-0.15, -0.1) is 22.7 Å². The lowest BCUT2D eigenvalue weighted by Gasteiger charge is -2.00. The largest absolute Gasteiger partial charge is 0.369 e. The zero-order valence-electron chi connectivity index (χ0n) is 14.3. The van der Waals surface area contributed by atoms with Gasteiger partial charge in [0.2, 0.25) is 5.91 Å². The Hall–Kier alpha value is -2.82. The van der Waals surface area contributed by atoms with Crippen molar-refractivity contribution in [2.75, 3.05) is 5.32 Å². The number of aromatic nitrogens is 5. The summed E-state index contributed by atoms with van der Waals surface area (Å²) < 4.78 is 2.17. The third-order valence-corrected chi connectivity index (χ3v) is 5.75. The predicted molar refractivity (Wildman–Crippen MR) is 108 cm³/mol. The normalized spacial score (nSPS) is 10.9. The summed E-state index contributed by atoms with van der Waals surface area (Å²) >= 11 is 8.63. The van der Waals surface area contributed by atoms with Gasteiger partial charge in [-0.1, -0.05) is 23.7 Å². The highest BCUT2D eigenvalue weighted by Crippen LogP contribution is 2.22. The first-order valence-corrected chi connectivity index (χ1v) is 10.2. The number of thiophene rings is 1. The molecule has 3 aromatic heterocycles. The second-order valence-electron chi connectivity index (χ2n) is 5.77. The van der Waals surface area contributed by atoms with E-state index in [1.807, 2.05) is 35.7 Å². The maximum absolute atomic E-state index is 12.3. The van der Waals surface area contributed by atoms with Crippen LogP contribution in [-0.4, -0.2) is 30.7 Å². The number of anilines is 1. The highest BCUT2D eigenvalue weighted by Gasteiger charge is 2.14. The number of tetrazole rings is 1. The molecule has 1 N–H and O–H groups in total. The number of amides is 1. The highest BCUT2D eigenvalue weighted by atomic mass is 35.5. The number of carbonyl (C=O) groups excluding carboxylic acids is 1. The molecular formula is C17H13ClN6O2S2. The maximum Gasteiger partial charge on any atom is 0.369 e. The summed E-state index contributed by atoms with van der Waals surface area (Å²) in [5.74, 6) is -0.396. The van der Waals surface area contributed by atoms with Crippen molar-refractivity contribution in [3.05, 3.63) is 73.9 Å². The molecule has 0 aliphatic heterocycles. The first-order valence-electron chi connectivity index (χ1n) is 8.14. The minimum absolute atomic E-state index is 0.240. The molecule has 3 heterocycles. The van der Waals surface area contributed by atoms with Crippen molar-refractivity contribution in [1.29, 1.82) is 0 Å². The first-order chi connectivity index (χ1) is 13.6. The molecule has 0 spiro atoms. The van der Waals surface area contributed by atoms with Crippen molar-refractivity contribution in [3.63, 3.8) is 0 Å². The van der Waals surface area contributed by atoms with Crippen LogP contribution in [0.15, 0.2) is 52.8 Å². The molecule has 0 saturated heterocycles. The number of halogens is 1. The van der Waals surface area contributed by atoms with Gasteiger partial charge in [-0.05, 0) is 45.6 Å². The fraction of sp³-hybridized carbons (Fsp3) is 0.118. The van der Waals surface area contributed by atoms with Gasteiger partial charge in [-0.2, -0.15) is 9.36 Å². The van der Waals surface area contributed by atoms with E-state index in [0.29, 0.717) is 21.6 Å². The van der Waals surface area contributed by atoms with E-state index in [2.05, 4.69) is 20.7 Å². The SMILES string of the molecule is O=C(Cn1nnn(-c2cccs2)c1=O)Nc1ncc(Cc2ccc(Cl)cc2)s1. The minimum atomic E-state index is -0.472. The van der Waals surface area contributed by atoms with Crippen LogP contribution in [-0.2, 0) is 17.8 Å². The molecule has 0 atom stereocenters. The Morgan fingerprint density at radius 2 is 2.00 bits per heavy atom. The lowest BCUT2D eigenvalue weighted by molar-refractivity contribution is -0.117. The van der Waals surface area contributed by atoms with E-state index < -0.39 is 11.6 Å². The van der Waals surface area contributed by atoms with Gasteiger partial charge in [-0.3, -0.25) is 4.79 Å². The Bertz CT molecular complexity index is 1150. The van der Waals surface area contributed by atoms with E-state index in [-0.39, 0.29) is 6.54 Å². The first kappa shape index (κ1) is 18.5. The minimum Gasteiger partial charge on any atom is -0.300 e. The molecular weight excluding hydrogens is 420 g/mol. The number of hydrogen-bond donors (Lipinski definition) is 1. The van der Waals surface area contributed by atoms with E-state index in [0.717, 1.165) is 19.8 Å². The van der Waals surface area contributed by atoms with Crippen LogP contribution in [0.25, 0.3) is 5.00 Å². The van der Waals surface area contributed by atoms with Crippen molar-refractivity contribution in [1.82, 2.24) is 24.8 Å². The summed E-state index contributed by atoms with van der Waals surface area (Å²) in [7, 11) is 0. The third kappa shape index (κ3) is 4.19. The van der Waals surface area contributed by atoms with Gasteiger partial charge < -0.3 is 5.32 Å². The number of nitrogens with zero attached hydrogens (tertiary/aromatic N) is 5. The van der Waals surface area contributed by atoms with Crippen LogP contribution in [0.3, 0.4) is 0 Å². The average molecular weight is 433 g/mol. The smallest absolute Gasteiger partial charge is 0.300 e. The Morgan fingerprint density at radius 1 is 1.18 bits per heavy atom. The Morgan fingerprint density at radius 3 is 2.75 bits per heavy atom. The second kappa shape index (κ2) is 8.05. The lowest BCUT2D eigenvalue weighted by atomic mass is 10.1. The molecule has 1 amide bonds. The molecule has 11 heteroatoms. The molecule has 142 valence electrons. The molecule has 0 radical (unpaired) electrons. The standard InChI is InChI=1S/C17H13ClN6O2S2/c18-12-5-3-11(4-6-12)8-13-9-19-16(28-13)20-14(25)10-23-17(26)24(22-21-23)15-2-1-7-27-15/h1-7,9H,8,10H2,(H,19,20,25). The van der Waals surface area contributed by atoms with E-state index in [1.165, 1.54) is 22.7 Å². The summed E-state index contributed by atoms with van der Waals surface area (Å²) in [4.78, 5) is 29.7. The zero-order chi connectivity index (χ0) is 19.5. The van der Waals surface area contributed by atoms with Gasteiger partial charge in [0.1, 0.15) is 11.5 Å². The van der Waals surface area contributed by atoms with Gasteiger partial charge in [0, 0.05) is 22.5 Å². The van der Waals surface area contributed by atoms with E-state index in [4.69, 9.17) is 11.6 Å². The van der Waals surface area contributed by atoms with Crippen LogP contribution in [0.4, 0.5) is 5.13 Å². The number of rotatable bonds is 6. The molecule has 0 aliphatic rings. The van der Waals surface area contributed by atoms with Crippen LogP contribution in [0.1, 0.15) is 10.4 Å². The molecule has 0 unspecified atom stereocenters. The quantitative estimate of drug-likeness (QED) is 0.505. The third-order valence-electron chi connectivity index (χ3n) is 3.74. The van der Waals surface area contributed by atoms with Gasteiger partial charge in [-0.25, -0.2) is 9.78 Å². The second-order valence-corrected chi connectivity index (χ2v) is 8.24. The molecule has 0 fully saturated rings. The maximum atomic E-state index is 12.3. The summed E-state index contributed by atoms with van der Waals surface area (Å²) in [6, 6.07) is 11.1. The van der Waals surface area contributed by atoms with Gasteiger partial charge in [0.25, 0.3) is 0 Å². The molecule has 0 saturated carbocycles. The van der Waals surface area contributed by atoms with E-state index in [1.54, 1.807) is 12.3 Å². The van der Waals surface area contributed by atoms with Crippen LogP contribution >= 0.6 is 34.3 Å². The zero-order valence-corrected chi connectivity index (χ0v) is 16.7. The van der Waals surface area contributed by atoms with Crippen LogP contribution in [0.2, 0.25) is 5.02 Å². The summed E-state index contributed by atoms with van der Waals surface area (Å²) in [5, 5.41) is 13.9. The topological polar surface area (TPSA) is 94.7 Å². The van der Waals surface area contributed by atoms with E-state index >= 15 is 0 Å². The van der Waals surface area contributed by atoms with Crippen molar-refractivity contribution < 1.29 is 4.79 Å². The summed E-state index contributed by atoms with van der Waals surface area (Å²) in [6.45, 7) is -0.240. The molecule has 0 bridgehead atoms. The van der Waals surface area contributed by atoms with Crippen molar-refractivity contribution in [2.45, 2.75) is 13.0 Å². The number of hydrogen-bond acceptors (Lipinski definition) is 7. The predicted octanol–water partition coefficient (Wildman–Crippen LogP) is 2.83. The van der Waals surface area contributed by atoms with Crippen LogP contribution < -0.4 is 11.0 Å². The molecule has 4 aromatic rings. The number of nitrogens with one attached hydrogen (secondary N) is 1. The fourth-order valence-corrected chi connectivity index (χ4v) is 4.10. The number of thiazole rings is 1. The molecule has 0 aliphatic carbocycles. The molecule has 28 heavy (non-hydrogen) atoms. The summed E-state index contributed by atoms with van der Waals surface area (Å²) in [5.41, 5.74) is 0.628. The summed E-state index contributed by atoms with van der Waals surface area (Å²) in [6.07, 6.45) is 2.41. The number of carbonyl (C=O) groups is 1. The molecule has 4 rings (SSSR count). The van der Waals surface area contributed by atoms with Gasteiger partial charge in [0.05, 0.1) is 0 Å². The Kier molecular flexibility index (Phi) is 5.33.